The largest absolute Gasteiger partial charge is 0.0988 e. The summed E-state index contributed by atoms with van der Waals surface area (Å²) in [6.45, 7) is 15.5. The van der Waals surface area contributed by atoms with Gasteiger partial charge in [-0.3, -0.25) is 0 Å². The molecule has 0 aliphatic heterocycles. The summed E-state index contributed by atoms with van der Waals surface area (Å²) in [6.07, 6.45) is 2.82. The molecule has 3 aromatic carbocycles. The molecule has 0 radical (unpaired) electrons. The van der Waals surface area contributed by atoms with Gasteiger partial charge in [-0.25, -0.2) is 0 Å². The summed E-state index contributed by atoms with van der Waals surface area (Å²) < 4.78 is 0. The average molecular weight is 369 g/mol. The highest BCUT2D eigenvalue weighted by atomic mass is 14.1. The van der Waals surface area contributed by atoms with Crippen molar-refractivity contribution in [2.75, 3.05) is 0 Å². The Hall–Kier alpha value is -2.86. The van der Waals surface area contributed by atoms with Crippen LogP contribution in [0.25, 0.3) is 11.1 Å². The molecule has 0 saturated heterocycles. The van der Waals surface area contributed by atoms with Crippen LogP contribution in [0.3, 0.4) is 0 Å². The number of hydrogen-bond acceptors (Lipinski definition) is 0. The minimum atomic E-state index is 0.424. The van der Waals surface area contributed by atoms with Crippen molar-refractivity contribution in [1.29, 1.82) is 0 Å². The topological polar surface area (TPSA) is 0 Å². The lowest BCUT2D eigenvalue weighted by Gasteiger charge is -2.14. The Morgan fingerprint density at radius 1 is 0.821 bits per heavy atom. The fourth-order valence-corrected chi connectivity index (χ4v) is 2.94. The van der Waals surface area contributed by atoms with E-state index in [1.807, 2.05) is 6.92 Å². The Bertz CT molecular complexity index is 878. The van der Waals surface area contributed by atoms with Gasteiger partial charge in [-0.2, -0.15) is 0 Å². The van der Waals surface area contributed by atoms with Crippen LogP contribution < -0.4 is 0 Å². The molecule has 3 rings (SSSR count). The Morgan fingerprint density at radius 2 is 1.21 bits per heavy atom. The van der Waals surface area contributed by atoms with Gasteiger partial charge in [0.05, 0.1) is 0 Å². The van der Waals surface area contributed by atoms with Gasteiger partial charge >= 0.3 is 0 Å². The van der Waals surface area contributed by atoms with E-state index in [0.717, 1.165) is 12.0 Å². The average Bonchev–Trinajstić information content (AvgIpc) is 2.74. The minimum Gasteiger partial charge on any atom is -0.0988 e. The molecule has 28 heavy (non-hydrogen) atoms. The second kappa shape index (κ2) is 10.5. The second-order valence-electron chi connectivity index (χ2n) is 7.36. The fourth-order valence-electron chi connectivity index (χ4n) is 2.94. The number of allylic oxidation sites excluding steroid dienone is 2. The van der Waals surface area contributed by atoms with Crippen LogP contribution in [0.4, 0.5) is 0 Å². The Labute approximate surface area is 171 Å². The van der Waals surface area contributed by atoms with E-state index in [1.165, 1.54) is 33.4 Å². The van der Waals surface area contributed by atoms with Crippen LogP contribution in [-0.2, 0) is 6.42 Å². The standard InChI is InChI=1S/C23H24.C5H8/c1-4-19-7-11-20(12-8-19)18(3)21-13-15-23(16-14-21)22-9-5-17(2)6-10-22;1-4-5(2)3/h5-16,18H,4H2,1-3H3;4H,1-2H2,3H3/t18-;/m1./s1. The third-order valence-electron chi connectivity index (χ3n) is 5.03. The molecule has 0 nitrogen and oxygen atoms in total. The van der Waals surface area contributed by atoms with Crippen molar-refractivity contribution in [2.45, 2.75) is 40.0 Å². The molecule has 1 atom stereocenters. The van der Waals surface area contributed by atoms with Crippen LogP contribution in [0.5, 0.6) is 0 Å². The quantitative estimate of drug-likeness (QED) is 0.399. The normalized spacial score (nSPS) is 11.1. The van der Waals surface area contributed by atoms with Crippen LogP contribution in [0, 0.1) is 6.92 Å². The molecule has 0 saturated carbocycles. The summed E-state index contributed by atoms with van der Waals surface area (Å²) in [5.74, 6) is 0.424. The highest BCUT2D eigenvalue weighted by Gasteiger charge is 2.08. The lowest BCUT2D eigenvalue weighted by Crippen LogP contribution is -1.96. The third-order valence-corrected chi connectivity index (χ3v) is 5.03. The van der Waals surface area contributed by atoms with Crippen LogP contribution in [0.2, 0.25) is 0 Å². The third kappa shape index (κ3) is 6.09. The molecule has 3 aromatic rings. The van der Waals surface area contributed by atoms with Crippen LogP contribution in [0.15, 0.2) is 97.6 Å². The molecule has 0 bridgehead atoms. The molecule has 0 amide bonds. The van der Waals surface area contributed by atoms with E-state index in [9.17, 15) is 0 Å². The van der Waals surface area contributed by atoms with Crippen molar-refractivity contribution < 1.29 is 0 Å². The Balaban J connectivity index is 0.000000500. The predicted octanol–water partition coefficient (Wildman–Crippen LogP) is 8.12. The first-order valence-electron chi connectivity index (χ1n) is 9.98. The summed E-state index contributed by atoms with van der Waals surface area (Å²) in [4.78, 5) is 0. The lowest BCUT2D eigenvalue weighted by molar-refractivity contribution is 0.920. The van der Waals surface area contributed by atoms with Crippen molar-refractivity contribution in [2.24, 2.45) is 0 Å². The first-order valence-corrected chi connectivity index (χ1v) is 9.98. The van der Waals surface area contributed by atoms with Crippen molar-refractivity contribution in [3.8, 4) is 11.1 Å². The molecule has 0 aromatic heterocycles. The molecular weight excluding hydrogens is 336 g/mol. The maximum Gasteiger partial charge on any atom is 0.00610 e. The molecule has 0 aliphatic carbocycles. The Morgan fingerprint density at radius 3 is 1.61 bits per heavy atom. The summed E-state index contributed by atoms with van der Waals surface area (Å²) in [5.41, 5.74) is 9.02. The van der Waals surface area contributed by atoms with Gasteiger partial charge in [-0.1, -0.05) is 117 Å². The van der Waals surface area contributed by atoms with Crippen LogP contribution >= 0.6 is 0 Å². The number of aryl methyl sites for hydroxylation is 2. The zero-order valence-electron chi connectivity index (χ0n) is 17.7. The minimum absolute atomic E-state index is 0.424. The smallest absolute Gasteiger partial charge is 0.00610 e. The fraction of sp³-hybridized carbons (Fsp3) is 0.214. The van der Waals surface area contributed by atoms with E-state index < -0.39 is 0 Å². The highest BCUT2D eigenvalue weighted by Crippen LogP contribution is 2.27. The van der Waals surface area contributed by atoms with Crippen molar-refractivity contribution in [3.63, 3.8) is 0 Å². The Kier molecular flexibility index (Phi) is 8.02. The van der Waals surface area contributed by atoms with E-state index in [1.54, 1.807) is 6.08 Å². The first kappa shape index (κ1) is 21.4. The highest BCUT2D eigenvalue weighted by molar-refractivity contribution is 5.64. The summed E-state index contributed by atoms with van der Waals surface area (Å²) >= 11 is 0. The molecular formula is C28H32. The zero-order chi connectivity index (χ0) is 20.5. The van der Waals surface area contributed by atoms with Gasteiger partial charge in [0.25, 0.3) is 0 Å². The van der Waals surface area contributed by atoms with Gasteiger partial charge in [-0.05, 0) is 48.1 Å². The molecule has 0 aliphatic rings. The SMILES string of the molecule is C=CC(=C)C.CCc1ccc([C@@H](C)c2ccc(-c3ccc(C)cc3)cc2)cc1. The maximum atomic E-state index is 3.56. The molecule has 0 N–H and O–H groups in total. The lowest BCUT2D eigenvalue weighted by atomic mass is 9.91. The van der Waals surface area contributed by atoms with Crippen LogP contribution in [-0.4, -0.2) is 0 Å². The predicted molar refractivity (Wildman–Crippen MR) is 125 cm³/mol. The van der Waals surface area contributed by atoms with E-state index in [4.69, 9.17) is 0 Å². The second-order valence-corrected chi connectivity index (χ2v) is 7.36. The molecule has 0 heterocycles. The van der Waals surface area contributed by atoms with Gasteiger partial charge in [0.15, 0.2) is 0 Å². The monoisotopic (exact) mass is 368 g/mol. The van der Waals surface area contributed by atoms with E-state index >= 15 is 0 Å². The van der Waals surface area contributed by atoms with E-state index in [-0.39, 0.29) is 0 Å². The van der Waals surface area contributed by atoms with Gasteiger partial charge in [0.2, 0.25) is 0 Å². The van der Waals surface area contributed by atoms with Crippen molar-refractivity contribution in [1.82, 2.24) is 0 Å². The van der Waals surface area contributed by atoms with E-state index in [0.29, 0.717) is 5.92 Å². The van der Waals surface area contributed by atoms with Gasteiger partial charge in [-0.15, -0.1) is 0 Å². The van der Waals surface area contributed by atoms with Crippen molar-refractivity contribution in [3.05, 3.63) is 120 Å². The van der Waals surface area contributed by atoms with E-state index in [2.05, 4.69) is 107 Å². The summed E-state index contributed by atoms with van der Waals surface area (Å²) in [5, 5.41) is 0. The van der Waals surface area contributed by atoms with Crippen LogP contribution in [0.1, 0.15) is 48.9 Å². The molecule has 0 unspecified atom stereocenters. The van der Waals surface area contributed by atoms with Gasteiger partial charge < -0.3 is 0 Å². The number of benzene rings is 3. The summed E-state index contributed by atoms with van der Waals surface area (Å²) in [6, 6.07) is 26.7. The first-order chi connectivity index (χ1) is 13.4. The van der Waals surface area contributed by atoms with Crippen molar-refractivity contribution >= 4 is 0 Å². The molecule has 0 spiro atoms. The summed E-state index contributed by atoms with van der Waals surface area (Å²) in [7, 11) is 0. The molecule has 144 valence electrons. The molecule has 0 heteroatoms. The molecule has 0 fully saturated rings. The number of hydrogen-bond donors (Lipinski definition) is 0. The van der Waals surface area contributed by atoms with Gasteiger partial charge in [0.1, 0.15) is 0 Å². The van der Waals surface area contributed by atoms with Gasteiger partial charge in [0, 0.05) is 5.92 Å². The zero-order valence-corrected chi connectivity index (χ0v) is 17.7. The number of rotatable bonds is 5. The maximum absolute atomic E-state index is 3.56.